The van der Waals surface area contributed by atoms with Crippen molar-refractivity contribution in [1.82, 2.24) is 15.5 Å². The van der Waals surface area contributed by atoms with Gasteiger partial charge in [0.25, 0.3) is 0 Å². The summed E-state index contributed by atoms with van der Waals surface area (Å²) in [4.78, 5) is 0. The molecule has 1 aliphatic rings. The normalized spacial score (nSPS) is 14.8. The Balaban J connectivity index is 0.000000720. The van der Waals surface area contributed by atoms with Crippen molar-refractivity contribution in [2.45, 2.75) is 13.0 Å². The first-order chi connectivity index (χ1) is 5.36. The van der Waals surface area contributed by atoms with E-state index >= 15 is 0 Å². The van der Waals surface area contributed by atoms with Gasteiger partial charge in [-0.25, -0.2) is 0 Å². The molecule has 0 atom stereocenters. The van der Waals surface area contributed by atoms with Gasteiger partial charge in [0.1, 0.15) is 0 Å². The summed E-state index contributed by atoms with van der Waals surface area (Å²) in [6.45, 7) is 1.83. The lowest BCUT2D eigenvalue weighted by Gasteiger charge is -2.14. The summed E-state index contributed by atoms with van der Waals surface area (Å²) < 4.78 is 0. The van der Waals surface area contributed by atoms with Crippen molar-refractivity contribution in [2.24, 2.45) is 0 Å². The van der Waals surface area contributed by atoms with Crippen LogP contribution in [0.4, 0.5) is 0 Å². The Morgan fingerprint density at radius 3 is 3.08 bits per heavy atom. The van der Waals surface area contributed by atoms with E-state index in [0.29, 0.717) is 5.15 Å². The van der Waals surface area contributed by atoms with E-state index in [9.17, 15) is 0 Å². The van der Waals surface area contributed by atoms with Crippen molar-refractivity contribution < 1.29 is 0 Å². The number of hydrogen-bond acceptors (Lipinski definition) is 3. The van der Waals surface area contributed by atoms with Crippen molar-refractivity contribution in [3.8, 4) is 0 Å². The summed E-state index contributed by atoms with van der Waals surface area (Å²) >= 11 is 5.68. The number of aromatic nitrogens is 2. The Morgan fingerprint density at radius 2 is 2.25 bits per heavy atom. The van der Waals surface area contributed by atoms with Gasteiger partial charge in [0, 0.05) is 6.54 Å². The fraction of sp³-hybridized carbons (Fsp3) is 0.429. The summed E-state index contributed by atoms with van der Waals surface area (Å²) in [6, 6.07) is 1.89. The van der Waals surface area contributed by atoms with Crippen LogP contribution in [0, 0.1) is 0 Å². The van der Waals surface area contributed by atoms with Gasteiger partial charge in [-0.1, -0.05) is 11.6 Å². The number of nitrogens with zero attached hydrogens (tertiary/aromatic N) is 2. The second-order valence-electron chi connectivity index (χ2n) is 2.57. The van der Waals surface area contributed by atoms with Crippen LogP contribution in [0.1, 0.15) is 11.3 Å². The molecule has 1 aromatic rings. The maximum absolute atomic E-state index is 5.68. The standard InChI is InChI=1S/C7H8ClN3.ClH/c8-7-3-5-1-2-9-4-6(5)10-11-7;/h3,9H,1-2,4H2;1H. The van der Waals surface area contributed by atoms with Gasteiger partial charge in [-0.3, -0.25) is 0 Å². The van der Waals surface area contributed by atoms with E-state index in [0.717, 1.165) is 25.2 Å². The second kappa shape index (κ2) is 4.03. The fourth-order valence-corrected chi connectivity index (χ4v) is 1.39. The van der Waals surface area contributed by atoms with E-state index in [1.807, 2.05) is 6.07 Å². The van der Waals surface area contributed by atoms with Crippen molar-refractivity contribution in [3.63, 3.8) is 0 Å². The van der Waals surface area contributed by atoms with Crippen LogP contribution in [0.15, 0.2) is 6.07 Å². The molecule has 0 fully saturated rings. The molecule has 0 aromatic carbocycles. The highest BCUT2D eigenvalue weighted by Gasteiger charge is 2.09. The van der Waals surface area contributed by atoms with Gasteiger partial charge in [0.05, 0.1) is 5.69 Å². The van der Waals surface area contributed by atoms with E-state index in [2.05, 4.69) is 15.5 Å². The topological polar surface area (TPSA) is 37.8 Å². The zero-order chi connectivity index (χ0) is 7.68. The van der Waals surface area contributed by atoms with Crippen LogP contribution >= 0.6 is 24.0 Å². The predicted molar refractivity (Wildman–Crippen MR) is 49.7 cm³/mol. The molecule has 0 saturated carbocycles. The van der Waals surface area contributed by atoms with E-state index in [-0.39, 0.29) is 12.4 Å². The highest BCUT2D eigenvalue weighted by molar-refractivity contribution is 6.29. The number of fused-ring (bicyclic) bond motifs is 1. The third kappa shape index (κ3) is 1.86. The lowest BCUT2D eigenvalue weighted by Crippen LogP contribution is -2.24. The van der Waals surface area contributed by atoms with Gasteiger partial charge in [0.15, 0.2) is 5.15 Å². The van der Waals surface area contributed by atoms with Crippen LogP contribution in [0.3, 0.4) is 0 Å². The molecule has 0 amide bonds. The lowest BCUT2D eigenvalue weighted by molar-refractivity contribution is 0.616. The molecule has 0 saturated heterocycles. The highest BCUT2D eigenvalue weighted by Crippen LogP contribution is 2.13. The average Bonchev–Trinajstić information content (AvgIpc) is 2.04. The van der Waals surface area contributed by atoms with Crippen LogP contribution in [0.2, 0.25) is 5.15 Å². The first-order valence-corrected chi connectivity index (χ1v) is 3.96. The Kier molecular flexibility index (Phi) is 3.26. The van der Waals surface area contributed by atoms with Crippen molar-refractivity contribution in [2.75, 3.05) is 6.54 Å². The maximum atomic E-state index is 5.68. The van der Waals surface area contributed by atoms with Gasteiger partial charge >= 0.3 is 0 Å². The Bertz CT molecular complexity index is 277. The van der Waals surface area contributed by atoms with Crippen molar-refractivity contribution in [1.29, 1.82) is 0 Å². The Morgan fingerprint density at radius 1 is 1.42 bits per heavy atom. The monoisotopic (exact) mass is 205 g/mol. The Labute approximate surface area is 81.9 Å². The largest absolute Gasteiger partial charge is 0.311 e. The van der Waals surface area contributed by atoms with Crippen LogP contribution in [-0.2, 0) is 13.0 Å². The predicted octanol–water partition coefficient (Wildman–Crippen LogP) is 1.20. The molecule has 3 nitrogen and oxygen atoms in total. The zero-order valence-electron chi connectivity index (χ0n) is 6.38. The first kappa shape index (κ1) is 9.71. The zero-order valence-corrected chi connectivity index (χ0v) is 7.95. The van der Waals surface area contributed by atoms with E-state index in [1.165, 1.54) is 5.56 Å². The van der Waals surface area contributed by atoms with Gasteiger partial charge in [0.2, 0.25) is 0 Å². The molecule has 1 aliphatic heterocycles. The minimum Gasteiger partial charge on any atom is -0.311 e. The number of halogens is 2. The second-order valence-corrected chi connectivity index (χ2v) is 2.95. The molecular formula is C7H9Cl2N3. The smallest absolute Gasteiger partial charge is 0.152 e. The minimum absolute atomic E-state index is 0. The molecule has 2 rings (SSSR count). The third-order valence-electron chi connectivity index (χ3n) is 1.79. The maximum Gasteiger partial charge on any atom is 0.152 e. The van der Waals surface area contributed by atoms with E-state index in [1.54, 1.807) is 0 Å². The first-order valence-electron chi connectivity index (χ1n) is 3.58. The molecule has 1 aromatic heterocycles. The molecule has 0 unspecified atom stereocenters. The van der Waals surface area contributed by atoms with Crippen LogP contribution in [0.5, 0.6) is 0 Å². The minimum atomic E-state index is 0. The molecule has 0 spiro atoms. The number of rotatable bonds is 0. The van der Waals surface area contributed by atoms with Gasteiger partial charge < -0.3 is 5.32 Å². The Hall–Kier alpha value is -0.380. The van der Waals surface area contributed by atoms with E-state index in [4.69, 9.17) is 11.6 Å². The van der Waals surface area contributed by atoms with Crippen molar-refractivity contribution >= 4 is 24.0 Å². The summed E-state index contributed by atoms with van der Waals surface area (Å²) in [5.41, 5.74) is 2.25. The molecule has 0 bridgehead atoms. The molecule has 0 radical (unpaired) electrons. The molecule has 2 heterocycles. The quantitative estimate of drug-likeness (QED) is 0.692. The fourth-order valence-electron chi connectivity index (χ4n) is 1.22. The lowest BCUT2D eigenvalue weighted by atomic mass is 10.1. The van der Waals surface area contributed by atoms with Gasteiger partial charge in [-0.2, -0.15) is 5.10 Å². The van der Waals surface area contributed by atoms with Gasteiger partial charge in [-0.05, 0) is 24.6 Å². The van der Waals surface area contributed by atoms with Crippen LogP contribution in [-0.4, -0.2) is 16.7 Å². The molecule has 0 aliphatic carbocycles. The molecule has 5 heteroatoms. The molecule has 1 N–H and O–H groups in total. The number of hydrogen-bond donors (Lipinski definition) is 1. The summed E-state index contributed by atoms with van der Waals surface area (Å²) in [5.74, 6) is 0. The highest BCUT2D eigenvalue weighted by atomic mass is 35.5. The molecular weight excluding hydrogens is 197 g/mol. The third-order valence-corrected chi connectivity index (χ3v) is 1.98. The summed E-state index contributed by atoms with van der Waals surface area (Å²) in [7, 11) is 0. The van der Waals surface area contributed by atoms with E-state index < -0.39 is 0 Å². The van der Waals surface area contributed by atoms with Crippen LogP contribution in [0.25, 0.3) is 0 Å². The van der Waals surface area contributed by atoms with Crippen molar-refractivity contribution in [3.05, 3.63) is 22.5 Å². The molecule has 12 heavy (non-hydrogen) atoms. The number of nitrogens with one attached hydrogen (secondary N) is 1. The average molecular weight is 206 g/mol. The summed E-state index contributed by atoms with van der Waals surface area (Å²) in [5, 5.41) is 11.4. The SMILES string of the molecule is Cl.Clc1cc2c(nn1)CNCC2. The summed E-state index contributed by atoms with van der Waals surface area (Å²) in [6.07, 6.45) is 1.00. The van der Waals surface area contributed by atoms with Crippen LogP contribution < -0.4 is 5.32 Å². The molecule has 66 valence electrons. The van der Waals surface area contributed by atoms with Gasteiger partial charge in [-0.15, -0.1) is 17.5 Å².